The molecule has 0 saturated carbocycles. The quantitative estimate of drug-likeness (QED) is 0.830. The molecule has 0 amide bonds. The van der Waals surface area contributed by atoms with Crippen molar-refractivity contribution in [3.63, 3.8) is 0 Å². The van der Waals surface area contributed by atoms with Gasteiger partial charge in [-0.15, -0.1) is 0 Å². The Kier molecular flexibility index (Phi) is 4.10. The molecule has 4 nitrogen and oxygen atoms in total. The Balaban J connectivity index is 1.77. The van der Waals surface area contributed by atoms with Gasteiger partial charge in [0.05, 0.1) is 0 Å². The second-order valence-corrected chi connectivity index (χ2v) is 4.47. The number of hydrogen-bond donors (Lipinski definition) is 1. The van der Waals surface area contributed by atoms with Gasteiger partial charge in [-0.05, 0) is 44.3 Å². The Morgan fingerprint density at radius 2 is 2.25 bits per heavy atom. The lowest BCUT2D eigenvalue weighted by atomic mass is 9.94. The molecule has 2 rings (SSSR count). The van der Waals surface area contributed by atoms with Crippen LogP contribution >= 0.6 is 0 Å². The maximum Gasteiger partial charge on any atom is 0.131 e. The van der Waals surface area contributed by atoms with Gasteiger partial charge in [0, 0.05) is 19.8 Å². The van der Waals surface area contributed by atoms with Gasteiger partial charge in [-0.2, -0.15) is 0 Å². The van der Waals surface area contributed by atoms with Crippen LogP contribution in [0.15, 0.2) is 18.6 Å². The zero-order valence-corrected chi connectivity index (χ0v) is 9.89. The average molecular weight is 220 g/mol. The van der Waals surface area contributed by atoms with Crippen molar-refractivity contribution < 1.29 is 0 Å². The molecule has 1 fully saturated rings. The third-order valence-corrected chi connectivity index (χ3v) is 3.29. The lowest BCUT2D eigenvalue weighted by Gasteiger charge is -2.25. The predicted octanol–water partition coefficient (Wildman–Crippen LogP) is 1.30. The van der Waals surface area contributed by atoms with Crippen LogP contribution in [0.25, 0.3) is 0 Å². The number of aromatic nitrogens is 2. The first-order chi connectivity index (χ1) is 7.86. The molecule has 0 aliphatic carbocycles. The van der Waals surface area contributed by atoms with Crippen LogP contribution in [0.2, 0.25) is 0 Å². The zero-order chi connectivity index (χ0) is 11.2. The van der Waals surface area contributed by atoms with Crippen molar-refractivity contribution >= 4 is 5.82 Å². The largest absolute Gasteiger partial charge is 0.360 e. The molecule has 1 aliphatic heterocycles. The highest BCUT2D eigenvalue weighted by atomic mass is 15.2. The van der Waals surface area contributed by atoms with Crippen LogP contribution in [0.3, 0.4) is 0 Å². The minimum atomic E-state index is 0.880. The van der Waals surface area contributed by atoms with E-state index < -0.39 is 0 Å². The predicted molar refractivity (Wildman–Crippen MR) is 65.5 cm³/mol. The maximum absolute atomic E-state index is 4.24. The monoisotopic (exact) mass is 220 g/mol. The fourth-order valence-electron chi connectivity index (χ4n) is 2.17. The molecule has 1 aliphatic rings. The Labute approximate surface area is 97.1 Å². The first-order valence-electron chi connectivity index (χ1n) is 6.04. The van der Waals surface area contributed by atoms with E-state index in [1.165, 1.54) is 32.4 Å². The molecule has 1 N–H and O–H groups in total. The van der Waals surface area contributed by atoms with E-state index in [1.807, 2.05) is 6.07 Å². The van der Waals surface area contributed by atoms with Crippen molar-refractivity contribution in [1.82, 2.24) is 15.3 Å². The normalized spacial score (nSPS) is 17.3. The highest BCUT2D eigenvalue weighted by Crippen LogP contribution is 2.17. The lowest BCUT2D eigenvalue weighted by Crippen LogP contribution is -2.30. The summed E-state index contributed by atoms with van der Waals surface area (Å²) in [6.45, 7) is 3.45. The number of piperidine rings is 1. The summed E-state index contributed by atoms with van der Waals surface area (Å²) in [5.41, 5.74) is 0. The van der Waals surface area contributed by atoms with Crippen LogP contribution in [-0.2, 0) is 0 Å². The van der Waals surface area contributed by atoms with E-state index in [4.69, 9.17) is 0 Å². The summed E-state index contributed by atoms with van der Waals surface area (Å²) in [5, 5.41) is 3.40. The lowest BCUT2D eigenvalue weighted by molar-refractivity contribution is 0.356. The maximum atomic E-state index is 4.24. The van der Waals surface area contributed by atoms with E-state index in [-0.39, 0.29) is 0 Å². The summed E-state index contributed by atoms with van der Waals surface area (Å²) in [5.74, 6) is 1.90. The van der Waals surface area contributed by atoms with E-state index >= 15 is 0 Å². The SMILES string of the molecule is CN(CCC1CCNCC1)c1ccncn1. The fraction of sp³-hybridized carbons (Fsp3) is 0.667. The van der Waals surface area contributed by atoms with Crippen molar-refractivity contribution in [1.29, 1.82) is 0 Å². The van der Waals surface area contributed by atoms with Gasteiger partial charge in [0.25, 0.3) is 0 Å². The second kappa shape index (κ2) is 5.80. The van der Waals surface area contributed by atoms with Crippen molar-refractivity contribution in [2.75, 3.05) is 31.6 Å². The zero-order valence-electron chi connectivity index (χ0n) is 9.89. The number of hydrogen-bond acceptors (Lipinski definition) is 4. The van der Waals surface area contributed by atoms with Crippen LogP contribution in [0.5, 0.6) is 0 Å². The molecular formula is C12H20N4. The second-order valence-electron chi connectivity index (χ2n) is 4.47. The van der Waals surface area contributed by atoms with Crippen molar-refractivity contribution in [3.05, 3.63) is 18.6 Å². The number of nitrogens with zero attached hydrogens (tertiary/aromatic N) is 3. The first-order valence-corrected chi connectivity index (χ1v) is 6.04. The van der Waals surface area contributed by atoms with Gasteiger partial charge in [-0.3, -0.25) is 0 Å². The Morgan fingerprint density at radius 3 is 2.94 bits per heavy atom. The summed E-state index contributed by atoms with van der Waals surface area (Å²) in [4.78, 5) is 10.4. The van der Waals surface area contributed by atoms with Gasteiger partial charge in [0.1, 0.15) is 12.1 Å². The molecule has 0 radical (unpaired) electrons. The topological polar surface area (TPSA) is 41.0 Å². The van der Waals surface area contributed by atoms with Crippen LogP contribution in [0.1, 0.15) is 19.3 Å². The van der Waals surface area contributed by atoms with E-state index in [9.17, 15) is 0 Å². The molecule has 1 aromatic heterocycles. The van der Waals surface area contributed by atoms with Gasteiger partial charge >= 0.3 is 0 Å². The molecule has 1 saturated heterocycles. The molecule has 2 heterocycles. The molecule has 0 spiro atoms. The van der Waals surface area contributed by atoms with Crippen LogP contribution in [0, 0.1) is 5.92 Å². The Bertz CT molecular complexity index is 295. The summed E-state index contributed by atoms with van der Waals surface area (Å²) in [7, 11) is 2.10. The fourth-order valence-corrected chi connectivity index (χ4v) is 2.17. The average Bonchev–Trinajstić information content (AvgIpc) is 2.38. The van der Waals surface area contributed by atoms with E-state index in [0.29, 0.717) is 0 Å². The van der Waals surface area contributed by atoms with E-state index in [1.54, 1.807) is 12.5 Å². The highest BCUT2D eigenvalue weighted by molar-refractivity contribution is 5.34. The van der Waals surface area contributed by atoms with Gasteiger partial charge in [-0.1, -0.05) is 0 Å². The molecule has 1 aromatic rings. The number of rotatable bonds is 4. The van der Waals surface area contributed by atoms with Crippen LogP contribution in [0.4, 0.5) is 5.82 Å². The molecule has 16 heavy (non-hydrogen) atoms. The van der Waals surface area contributed by atoms with Crippen molar-refractivity contribution in [3.8, 4) is 0 Å². The summed E-state index contributed by atoms with van der Waals surface area (Å²) >= 11 is 0. The Hall–Kier alpha value is -1.16. The molecule has 0 atom stereocenters. The summed E-state index contributed by atoms with van der Waals surface area (Å²) in [6, 6.07) is 1.96. The standard InChI is InChI=1S/C12H20N4/c1-16(12-4-8-14-10-15-12)9-5-11-2-6-13-7-3-11/h4,8,10-11,13H,2-3,5-7,9H2,1H3. The molecule has 0 bridgehead atoms. The van der Waals surface area contributed by atoms with Crippen molar-refractivity contribution in [2.45, 2.75) is 19.3 Å². The van der Waals surface area contributed by atoms with Gasteiger partial charge in [0.15, 0.2) is 0 Å². The minimum absolute atomic E-state index is 0.880. The van der Waals surface area contributed by atoms with E-state index in [0.717, 1.165) is 18.3 Å². The van der Waals surface area contributed by atoms with Crippen molar-refractivity contribution in [2.24, 2.45) is 5.92 Å². The van der Waals surface area contributed by atoms with Crippen LogP contribution < -0.4 is 10.2 Å². The molecule has 88 valence electrons. The summed E-state index contributed by atoms with van der Waals surface area (Å²) in [6.07, 6.45) is 7.30. The van der Waals surface area contributed by atoms with E-state index in [2.05, 4.69) is 27.2 Å². The summed E-state index contributed by atoms with van der Waals surface area (Å²) < 4.78 is 0. The van der Waals surface area contributed by atoms with Gasteiger partial charge in [0.2, 0.25) is 0 Å². The molecular weight excluding hydrogens is 200 g/mol. The molecule has 4 heteroatoms. The van der Waals surface area contributed by atoms with Gasteiger partial charge < -0.3 is 10.2 Å². The number of nitrogens with one attached hydrogen (secondary N) is 1. The third kappa shape index (κ3) is 3.17. The van der Waals surface area contributed by atoms with Crippen LogP contribution in [-0.4, -0.2) is 36.6 Å². The number of anilines is 1. The molecule has 0 unspecified atom stereocenters. The highest BCUT2D eigenvalue weighted by Gasteiger charge is 2.13. The third-order valence-electron chi connectivity index (χ3n) is 3.29. The Morgan fingerprint density at radius 1 is 1.44 bits per heavy atom. The smallest absolute Gasteiger partial charge is 0.131 e. The minimum Gasteiger partial charge on any atom is -0.360 e. The van der Waals surface area contributed by atoms with Gasteiger partial charge in [-0.25, -0.2) is 9.97 Å². The first kappa shape index (κ1) is 11.3. The molecule has 0 aromatic carbocycles.